The van der Waals surface area contributed by atoms with Crippen molar-refractivity contribution in [2.75, 3.05) is 39.8 Å². The van der Waals surface area contributed by atoms with Gasteiger partial charge in [0, 0.05) is 31.7 Å². The molecule has 0 saturated carbocycles. The number of carbonyl (C=O) groups is 3. The van der Waals surface area contributed by atoms with Gasteiger partial charge in [-0.1, -0.05) is 38.5 Å². The Balaban J connectivity index is 1.83. The molecule has 2 atom stereocenters. The van der Waals surface area contributed by atoms with Crippen molar-refractivity contribution >= 4 is 17.8 Å². The quantitative estimate of drug-likeness (QED) is 0.723. The highest BCUT2D eigenvalue weighted by Crippen LogP contribution is 2.11. The predicted molar refractivity (Wildman–Crippen MR) is 102 cm³/mol. The topological polar surface area (TPSA) is 79.0 Å². The average molecular weight is 375 g/mol. The van der Waals surface area contributed by atoms with E-state index in [1.54, 1.807) is 4.90 Å². The van der Waals surface area contributed by atoms with Gasteiger partial charge < -0.3 is 15.0 Å². The lowest BCUT2D eigenvalue weighted by Gasteiger charge is -2.34. The van der Waals surface area contributed by atoms with E-state index in [0.717, 1.165) is 6.42 Å². The molecule has 0 bridgehead atoms. The van der Waals surface area contributed by atoms with Gasteiger partial charge in [-0.2, -0.15) is 0 Å². The van der Waals surface area contributed by atoms with Gasteiger partial charge in [0.25, 0.3) is 5.91 Å². The van der Waals surface area contributed by atoms with Gasteiger partial charge in [-0.05, 0) is 18.1 Å². The molecule has 0 aromatic heterocycles. The number of amides is 2. The molecule has 0 unspecified atom stereocenters. The van der Waals surface area contributed by atoms with Gasteiger partial charge in [-0.15, -0.1) is 0 Å². The third-order valence-corrected chi connectivity index (χ3v) is 5.03. The number of hydrogen-bond acceptors (Lipinski definition) is 5. The Morgan fingerprint density at radius 2 is 1.74 bits per heavy atom. The van der Waals surface area contributed by atoms with Crippen molar-refractivity contribution in [1.29, 1.82) is 0 Å². The molecule has 0 spiro atoms. The van der Waals surface area contributed by atoms with Crippen LogP contribution in [0.25, 0.3) is 0 Å². The fraction of sp³-hybridized carbons (Fsp3) is 0.550. The van der Waals surface area contributed by atoms with E-state index in [2.05, 4.69) is 5.32 Å². The van der Waals surface area contributed by atoms with Gasteiger partial charge in [-0.25, -0.2) is 4.79 Å². The van der Waals surface area contributed by atoms with E-state index in [1.165, 1.54) is 7.11 Å². The number of hydrogen-bond donors (Lipinski definition) is 1. The number of nitrogens with one attached hydrogen (secondary N) is 1. The Hall–Kier alpha value is -2.41. The summed E-state index contributed by atoms with van der Waals surface area (Å²) in [4.78, 5) is 40.5. The van der Waals surface area contributed by atoms with Gasteiger partial charge in [0.1, 0.15) is 6.04 Å². The first-order chi connectivity index (χ1) is 13.0. The van der Waals surface area contributed by atoms with Gasteiger partial charge in [0.2, 0.25) is 5.91 Å². The summed E-state index contributed by atoms with van der Waals surface area (Å²) in [7, 11) is 1.33. The highest BCUT2D eigenvalue weighted by Gasteiger charge is 2.28. The third kappa shape index (κ3) is 5.79. The molecule has 1 aliphatic rings. The molecule has 2 amide bonds. The monoisotopic (exact) mass is 375 g/mol. The molecule has 1 N–H and O–H groups in total. The SMILES string of the molecule is CC[C@@H](C)[C@@H](NC(=O)CN1CCN(C(=O)c2ccccc2)CC1)C(=O)OC. The molecule has 2 rings (SSSR count). The summed E-state index contributed by atoms with van der Waals surface area (Å²) >= 11 is 0. The molecule has 1 saturated heterocycles. The smallest absolute Gasteiger partial charge is 0.328 e. The maximum Gasteiger partial charge on any atom is 0.328 e. The summed E-state index contributed by atoms with van der Waals surface area (Å²) in [6.45, 7) is 6.49. The minimum Gasteiger partial charge on any atom is -0.467 e. The number of piperazine rings is 1. The minimum absolute atomic E-state index is 0.00161. The normalized spacial score (nSPS) is 17.1. The summed E-state index contributed by atoms with van der Waals surface area (Å²) in [6.07, 6.45) is 0.764. The molecular formula is C20H29N3O4. The molecule has 1 aromatic rings. The first-order valence-electron chi connectivity index (χ1n) is 9.40. The summed E-state index contributed by atoms with van der Waals surface area (Å²) < 4.78 is 4.80. The minimum atomic E-state index is -0.631. The van der Waals surface area contributed by atoms with Gasteiger partial charge >= 0.3 is 5.97 Å². The Bertz CT molecular complexity index is 642. The Morgan fingerprint density at radius 1 is 1.11 bits per heavy atom. The second-order valence-corrected chi connectivity index (χ2v) is 6.89. The van der Waals surface area contributed by atoms with Crippen LogP contribution >= 0.6 is 0 Å². The highest BCUT2D eigenvalue weighted by atomic mass is 16.5. The third-order valence-electron chi connectivity index (χ3n) is 5.03. The van der Waals surface area contributed by atoms with Crippen LogP contribution in [-0.4, -0.2) is 73.5 Å². The van der Waals surface area contributed by atoms with E-state index in [9.17, 15) is 14.4 Å². The second kappa shape index (κ2) is 10.1. The summed E-state index contributed by atoms with van der Waals surface area (Å²) in [6, 6.07) is 8.57. The maximum atomic E-state index is 12.5. The van der Waals surface area contributed by atoms with E-state index >= 15 is 0 Å². The zero-order valence-electron chi connectivity index (χ0n) is 16.3. The number of benzene rings is 1. The Morgan fingerprint density at radius 3 is 2.30 bits per heavy atom. The molecular weight excluding hydrogens is 346 g/mol. The molecule has 1 aliphatic heterocycles. The Kier molecular flexibility index (Phi) is 7.79. The number of carbonyl (C=O) groups excluding carboxylic acids is 3. The standard InChI is InChI=1S/C20H29N3O4/c1-4-15(2)18(20(26)27-3)21-17(24)14-22-10-12-23(13-11-22)19(25)16-8-6-5-7-9-16/h5-9,15,18H,4,10-14H2,1-3H3,(H,21,24)/t15-,18-/m1/s1. The second-order valence-electron chi connectivity index (χ2n) is 6.89. The van der Waals surface area contributed by atoms with Crippen molar-refractivity contribution < 1.29 is 19.1 Å². The van der Waals surface area contributed by atoms with E-state index in [1.807, 2.05) is 49.1 Å². The van der Waals surface area contributed by atoms with Crippen molar-refractivity contribution in [3.8, 4) is 0 Å². The first kappa shape index (κ1) is 20.9. The molecule has 1 aromatic carbocycles. The van der Waals surface area contributed by atoms with Crippen LogP contribution in [0.5, 0.6) is 0 Å². The van der Waals surface area contributed by atoms with Crippen LogP contribution in [0.1, 0.15) is 30.6 Å². The van der Waals surface area contributed by atoms with Crippen LogP contribution < -0.4 is 5.32 Å². The van der Waals surface area contributed by atoms with Crippen molar-refractivity contribution in [2.45, 2.75) is 26.3 Å². The summed E-state index contributed by atoms with van der Waals surface area (Å²) in [5.41, 5.74) is 0.679. The van der Waals surface area contributed by atoms with E-state index in [4.69, 9.17) is 4.74 Å². The highest BCUT2D eigenvalue weighted by molar-refractivity contribution is 5.94. The van der Waals surface area contributed by atoms with Crippen LogP contribution in [0, 0.1) is 5.92 Å². The van der Waals surface area contributed by atoms with E-state index < -0.39 is 12.0 Å². The fourth-order valence-corrected chi connectivity index (χ4v) is 3.09. The van der Waals surface area contributed by atoms with Crippen LogP contribution in [0.3, 0.4) is 0 Å². The van der Waals surface area contributed by atoms with Gasteiger partial charge in [0.15, 0.2) is 0 Å². The lowest BCUT2D eigenvalue weighted by molar-refractivity contribution is -0.146. The summed E-state index contributed by atoms with van der Waals surface area (Å²) in [5.74, 6) is -0.603. The molecule has 7 nitrogen and oxygen atoms in total. The van der Waals surface area contributed by atoms with Gasteiger partial charge in [0.05, 0.1) is 13.7 Å². The fourth-order valence-electron chi connectivity index (χ4n) is 3.09. The molecule has 7 heteroatoms. The molecule has 1 heterocycles. The number of rotatable bonds is 7. The largest absolute Gasteiger partial charge is 0.467 e. The van der Waals surface area contributed by atoms with Crippen LogP contribution in [0.4, 0.5) is 0 Å². The molecule has 0 aliphatic carbocycles. The van der Waals surface area contributed by atoms with E-state index in [-0.39, 0.29) is 24.3 Å². The lowest BCUT2D eigenvalue weighted by Crippen LogP contribution is -2.53. The van der Waals surface area contributed by atoms with Gasteiger partial charge in [-0.3, -0.25) is 14.5 Å². The molecule has 1 fully saturated rings. The molecule has 0 radical (unpaired) electrons. The van der Waals surface area contributed by atoms with Crippen molar-refractivity contribution in [2.24, 2.45) is 5.92 Å². The van der Waals surface area contributed by atoms with Crippen LogP contribution in [0.2, 0.25) is 0 Å². The number of esters is 1. The maximum absolute atomic E-state index is 12.5. The molecule has 27 heavy (non-hydrogen) atoms. The zero-order valence-corrected chi connectivity index (χ0v) is 16.3. The Labute approximate surface area is 160 Å². The first-order valence-corrected chi connectivity index (χ1v) is 9.40. The van der Waals surface area contributed by atoms with Crippen molar-refractivity contribution in [3.63, 3.8) is 0 Å². The molecule has 148 valence electrons. The van der Waals surface area contributed by atoms with Crippen LogP contribution in [0.15, 0.2) is 30.3 Å². The number of nitrogens with zero attached hydrogens (tertiary/aromatic N) is 2. The predicted octanol–water partition coefficient (Wildman–Crippen LogP) is 1.15. The van der Waals surface area contributed by atoms with Crippen molar-refractivity contribution in [1.82, 2.24) is 15.1 Å². The summed E-state index contributed by atoms with van der Waals surface area (Å²) in [5, 5.41) is 2.79. The average Bonchev–Trinajstić information content (AvgIpc) is 2.71. The zero-order chi connectivity index (χ0) is 19.8. The lowest BCUT2D eigenvalue weighted by atomic mass is 9.99. The number of methoxy groups -OCH3 is 1. The number of ether oxygens (including phenoxy) is 1. The van der Waals surface area contributed by atoms with Crippen LogP contribution in [-0.2, 0) is 14.3 Å². The van der Waals surface area contributed by atoms with E-state index in [0.29, 0.717) is 31.7 Å². The van der Waals surface area contributed by atoms with Crippen molar-refractivity contribution in [3.05, 3.63) is 35.9 Å².